The van der Waals surface area contributed by atoms with Gasteiger partial charge in [0, 0.05) is 43.9 Å². The number of fused-ring (bicyclic) bond motifs is 1. The number of anilines is 2. The third-order valence-electron chi connectivity index (χ3n) is 5.93. The summed E-state index contributed by atoms with van der Waals surface area (Å²) in [7, 11) is 0. The van der Waals surface area contributed by atoms with Crippen molar-refractivity contribution in [3.63, 3.8) is 0 Å². The molecule has 29 heavy (non-hydrogen) atoms. The van der Waals surface area contributed by atoms with E-state index in [1.165, 1.54) is 12.8 Å². The molecule has 1 unspecified atom stereocenters. The van der Waals surface area contributed by atoms with Gasteiger partial charge in [-0.3, -0.25) is 9.38 Å². The van der Waals surface area contributed by atoms with Crippen molar-refractivity contribution in [1.82, 2.24) is 29.7 Å². The van der Waals surface area contributed by atoms with E-state index in [2.05, 4.69) is 29.9 Å². The molecule has 5 rings (SSSR count). The van der Waals surface area contributed by atoms with Crippen molar-refractivity contribution in [2.45, 2.75) is 51.1 Å². The molecule has 0 spiro atoms. The molecule has 3 aromatic rings. The summed E-state index contributed by atoms with van der Waals surface area (Å²) in [6, 6.07) is 0.631. The van der Waals surface area contributed by atoms with Gasteiger partial charge in [0.2, 0.25) is 11.9 Å². The number of aryl methyl sites for hydroxylation is 1. The molecule has 8 nitrogen and oxygen atoms in total. The minimum Gasteiger partial charge on any atom is -0.350 e. The first-order chi connectivity index (χ1) is 14.3. The number of nitrogens with zero attached hydrogens (tertiary/aromatic N) is 6. The van der Waals surface area contributed by atoms with E-state index in [4.69, 9.17) is 9.97 Å². The van der Waals surface area contributed by atoms with Gasteiger partial charge in [0.25, 0.3) is 0 Å². The summed E-state index contributed by atoms with van der Waals surface area (Å²) < 4.78 is 2.20. The lowest BCUT2D eigenvalue weighted by atomic mass is 10.0. The van der Waals surface area contributed by atoms with Crippen LogP contribution in [0.15, 0.2) is 31.0 Å². The van der Waals surface area contributed by atoms with Crippen molar-refractivity contribution in [2.75, 3.05) is 29.9 Å². The second-order valence-electron chi connectivity index (χ2n) is 8.14. The van der Waals surface area contributed by atoms with Crippen LogP contribution in [0, 0.1) is 6.92 Å². The van der Waals surface area contributed by atoms with Crippen LogP contribution in [0.5, 0.6) is 0 Å². The molecule has 0 radical (unpaired) electrons. The normalized spacial score (nSPS) is 22.7. The van der Waals surface area contributed by atoms with Crippen molar-refractivity contribution in [1.29, 1.82) is 0 Å². The summed E-state index contributed by atoms with van der Waals surface area (Å²) in [6.07, 6.45) is 15.5. The zero-order chi connectivity index (χ0) is 19.6. The van der Waals surface area contributed by atoms with Crippen LogP contribution in [0.2, 0.25) is 0 Å². The Morgan fingerprint density at radius 1 is 1.03 bits per heavy atom. The van der Waals surface area contributed by atoms with Gasteiger partial charge < -0.3 is 15.5 Å². The summed E-state index contributed by atoms with van der Waals surface area (Å²) in [5, 5.41) is 7.10. The largest absolute Gasteiger partial charge is 0.350 e. The molecule has 8 heteroatoms. The van der Waals surface area contributed by atoms with E-state index in [1.54, 1.807) is 0 Å². The Kier molecular flexibility index (Phi) is 5.01. The van der Waals surface area contributed by atoms with Crippen LogP contribution in [-0.2, 0) is 0 Å². The molecule has 2 atom stereocenters. The molecule has 2 saturated heterocycles. The number of piperidine rings is 2. The van der Waals surface area contributed by atoms with Crippen molar-refractivity contribution < 1.29 is 0 Å². The van der Waals surface area contributed by atoms with Gasteiger partial charge >= 0.3 is 0 Å². The first-order valence-electron chi connectivity index (χ1n) is 10.6. The molecule has 2 aliphatic heterocycles. The molecule has 0 amide bonds. The maximum atomic E-state index is 4.79. The zero-order valence-electron chi connectivity index (χ0n) is 16.9. The average molecular weight is 393 g/mol. The Morgan fingerprint density at radius 3 is 2.76 bits per heavy atom. The second-order valence-corrected chi connectivity index (χ2v) is 8.14. The monoisotopic (exact) mass is 392 g/mol. The lowest BCUT2D eigenvalue weighted by Gasteiger charge is -2.33. The Labute approximate surface area is 170 Å². The third-order valence-corrected chi connectivity index (χ3v) is 5.93. The summed E-state index contributed by atoms with van der Waals surface area (Å²) in [6.45, 7) is 4.96. The van der Waals surface area contributed by atoms with E-state index in [0.29, 0.717) is 18.0 Å². The van der Waals surface area contributed by atoms with Crippen LogP contribution in [0.4, 0.5) is 11.9 Å². The molecule has 0 aliphatic carbocycles. The van der Waals surface area contributed by atoms with Crippen molar-refractivity contribution in [2.24, 2.45) is 0 Å². The van der Waals surface area contributed by atoms with Gasteiger partial charge in [0.15, 0.2) is 0 Å². The summed E-state index contributed by atoms with van der Waals surface area (Å²) >= 11 is 0. The maximum Gasteiger partial charge on any atom is 0.222 e. The van der Waals surface area contributed by atoms with Crippen LogP contribution in [-0.4, -0.2) is 50.0 Å². The minimum atomic E-state index is 0.306. The molecule has 2 aliphatic rings. The van der Waals surface area contributed by atoms with Crippen LogP contribution in [0.3, 0.4) is 0 Å². The molecule has 0 aromatic carbocycles. The quantitative estimate of drug-likeness (QED) is 0.706. The highest BCUT2D eigenvalue weighted by atomic mass is 15.3. The van der Waals surface area contributed by atoms with E-state index in [9.17, 15) is 0 Å². The van der Waals surface area contributed by atoms with Gasteiger partial charge in [0.05, 0.1) is 23.4 Å². The lowest BCUT2D eigenvalue weighted by molar-refractivity contribution is 0.406. The summed E-state index contributed by atoms with van der Waals surface area (Å²) in [5.41, 5.74) is 3.30. The molecule has 2 fully saturated rings. The first kappa shape index (κ1) is 18.3. The molecular formula is C21H28N8. The van der Waals surface area contributed by atoms with Crippen LogP contribution >= 0.6 is 0 Å². The number of imidazole rings is 1. The third kappa shape index (κ3) is 3.76. The number of hydrogen-bond donors (Lipinski definition) is 2. The molecule has 0 bridgehead atoms. The van der Waals surface area contributed by atoms with Crippen molar-refractivity contribution in [3.05, 3.63) is 42.2 Å². The lowest BCUT2D eigenvalue weighted by Crippen LogP contribution is -2.43. The molecule has 2 N–H and O–H groups in total. The highest BCUT2D eigenvalue weighted by Gasteiger charge is 2.25. The summed E-state index contributed by atoms with van der Waals surface area (Å²) in [4.78, 5) is 20.6. The fourth-order valence-corrected chi connectivity index (χ4v) is 4.45. The maximum absolute atomic E-state index is 4.79. The topological polar surface area (TPSA) is 83.3 Å². The Hall–Kier alpha value is -2.74. The van der Waals surface area contributed by atoms with Gasteiger partial charge in [0.1, 0.15) is 0 Å². The number of hydrogen-bond acceptors (Lipinski definition) is 7. The molecule has 152 valence electrons. The highest BCUT2D eigenvalue weighted by Crippen LogP contribution is 2.28. The van der Waals surface area contributed by atoms with E-state index in [1.807, 2.05) is 37.9 Å². The highest BCUT2D eigenvalue weighted by molar-refractivity contribution is 5.57. The fraction of sp³-hybridized carbons (Fsp3) is 0.524. The van der Waals surface area contributed by atoms with Crippen LogP contribution in [0.1, 0.15) is 49.4 Å². The molecule has 5 heterocycles. The predicted octanol–water partition coefficient (Wildman–Crippen LogP) is 2.72. The molecule has 3 aromatic heterocycles. The number of rotatable bonds is 4. The van der Waals surface area contributed by atoms with Crippen molar-refractivity contribution >= 4 is 17.4 Å². The second kappa shape index (κ2) is 7.94. The summed E-state index contributed by atoms with van der Waals surface area (Å²) in [5.74, 6) is 1.70. The van der Waals surface area contributed by atoms with Gasteiger partial charge in [-0.05, 0) is 44.7 Å². The molecular weight excluding hydrogens is 364 g/mol. The van der Waals surface area contributed by atoms with E-state index in [0.717, 1.165) is 61.6 Å². The number of nitrogens with one attached hydrogen (secondary N) is 2. The standard InChI is InChI=1S/C21H28N8/c1-15-11-24-20(25-12-15)27-16-5-4-9-28(14-16)21-26-13-18-19(23-8-10-29(18)21)17-6-2-3-7-22-17/h8,10-13,16-17,22H,2-7,9,14H2,1H3,(H,24,25,27)/t16-,17?/m1/s1. The van der Waals surface area contributed by atoms with Crippen molar-refractivity contribution in [3.8, 4) is 0 Å². The van der Waals surface area contributed by atoms with E-state index in [-0.39, 0.29) is 0 Å². The minimum absolute atomic E-state index is 0.306. The first-order valence-corrected chi connectivity index (χ1v) is 10.6. The predicted molar refractivity (Wildman–Crippen MR) is 113 cm³/mol. The van der Waals surface area contributed by atoms with Gasteiger partial charge in [-0.2, -0.15) is 0 Å². The van der Waals surface area contributed by atoms with E-state index >= 15 is 0 Å². The van der Waals surface area contributed by atoms with Crippen LogP contribution < -0.4 is 15.5 Å². The Balaban J connectivity index is 1.36. The average Bonchev–Trinajstić information content (AvgIpc) is 3.21. The SMILES string of the molecule is Cc1cnc(N[C@@H]2CCCN(c3ncc4c(C5CCCCN5)nccn34)C2)nc1. The Bertz CT molecular complexity index is 960. The Morgan fingerprint density at radius 2 is 1.93 bits per heavy atom. The number of aromatic nitrogens is 5. The van der Waals surface area contributed by atoms with Gasteiger partial charge in [-0.1, -0.05) is 6.42 Å². The molecule has 0 saturated carbocycles. The van der Waals surface area contributed by atoms with Gasteiger partial charge in [-0.25, -0.2) is 15.0 Å². The fourth-order valence-electron chi connectivity index (χ4n) is 4.45. The zero-order valence-corrected chi connectivity index (χ0v) is 16.9. The van der Waals surface area contributed by atoms with Gasteiger partial charge in [-0.15, -0.1) is 0 Å². The smallest absolute Gasteiger partial charge is 0.222 e. The van der Waals surface area contributed by atoms with Crippen LogP contribution in [0.25, 0.3) is 5.52 Å². The van der Waals surface area contributed by atoms with E-state index < -0.39 is 0 Å².